The Morgan fingerprint density at radius 2 is 2.08 bits per heavy atom. The van der Waals surface area contributed by atoms with Crippen LogP contribution in [0.2, 0.25) is 0 Å². The molecule has 0 aromatic heterocycles. The number of esters is 1. The summed E-state index contributed by atoms with van der Waals surface area (Å²) in [5, 5.41) is 11.8. The van der Waals surface area contributed by atoms with Crippen molar-refractivity contribution in [3.63, 3.8) is 0 Å². The van der Waals surface area contributed by atoms with E-state index in [2.05, 4.69) is 11.4 Å². The number of benzene rings is 1. The molecule has 24 heavy (non-hydrogen) atoms. The van der Waals surface area contributed by atoms with E-state index in [4.69, 9.17) is 9.47 Å². The highest BCUT2D eigenvalue weighted by atomic mass is 32.2. The number of amides is 1. The van der Waals surface area contributed by atoms with Gasteiger partial charge in [0.25, 0.3) is 5.91 Å². The summed E-state index contributed by atoms with van der Waals surface area (Å²) in [6.45, 7) is 4.82. The van der Waals surface area contributed by atoms with Gasteiger partial charge in [-0.3, -0.25) is 4.79 Å². The fourth-order valence-corrected chi connectivity index (χ4v) is 2.23. The first-order valence-corrected chi connectivity index (χ1v) is 8.61. The van der Waals surface area contributed by atoms with Gasteiger partial charge >= 0.3 is 5.97 Å². The highest BCUT2D eigenvalue weighted by Crippen LogP contribution is 2.25. The average Bonchev–Trinajstić information content (AvgIpc) is 2.58. The summed E-state index contributed by atoms with van der Waals surface area (Å²) in [6, 6.07) is 7.16. The van der Waals surface area contributed by atoms with E-state index in [0.717, 1.165) is 4.90 Å². The van der Waals surface area contributed by atoms with Gasteiger partial charge in [-0.1, -0.05) is 13.8 Å². The van der Waals surface area contributed by atoms with Gasteiger partial charge in [-0.15, -0.1) is 11.8 Å². The van der Waals surface area contributed by atoms with Gasteiger partial charge in [0.2, 0.25) is 0 Å². The van der Waals surface area contributed by atoms with E-state index < -0.39 is 24.0 Å². The summed E-state index contributed by atoms with van der Waals surface area (Å²) >= 11 is 1.52. The number of hydrogen-bond donors (Lipinski definition) is 1. The quantitative estimate of drug-likeness (QED) is 0.601. The molecule has 6 nitrogen and oxygen atoms in total. The van der Waals surface area contributed by atoms with Crippen LogP contribution in [0.1, 0.15) is 31.1 Å². The van der Waals surface area contributed by atoms with Crippen molar-refractivity contribution in [3.8, 4) is 11.8 Å². The maximum Gasteiger partial charge on any atom is 0.342 e. The Kier molecular flexibility index (Phi) is 7.11. The topological polar surface area (TPSA) is 88.4 Å². The molecule has 0 bridgehead atoms. The molecule has 0 heterocycles. The first-order valence-electron chi connectivity index (χ1n) is 7.38. The molecule has 0 fully saturated rings. The van der Waals surface area contributed by atoms with Crippen LogP contribution in [0.15, 0.2) is 23.1 Å². The molecule has 7 heteroatoms. The van der Waals surface area contributed by atoms with E-state index in [-0.39, 0.29) is 11.5 Å². The van der Waals surface area contributed by atoms with Crippen LogP contribution in [-0.4, -0.2) is 37.4 Å². The molecule has 1 atom stereocenters. The van der Waals surface area contributed by atoms with Crippen LogP contribution in [0.3, 0.4) is 0 Å². The molecule has 1 aromatic carbocycles. The Morgan fingerprint density at radius 3 is 2.58 bits per heavy atom. The van der Waals surface area contributed by atoms with Crippen molar-refractivity contribution in [2.75, 3.05) is 20.0 Å². The van der Waals surface area contributed by atoms with Crippen LogP contribution in [-0.2, 0) is 9.53 Å². The highest BCUT2D eigenvalue weighted by Gasteiger charge is 2.30. The van der Waals surface area contributed by atoms with E-state index in [0.29, 0.717) is 5.75 Å². The molecule has 130 valence electrons. The van der Waals surface area contributed by atoms with Gasteiger partial charge in [-0.2, -0.15) is 5.26 Å². The van der Waals surface area contributed by atoms with Crippen molar-refractivity contribution >= 4 is 23.6 Å². The van der Waals surface area contributed by atoms with Crippen molar-refractivity contribution in [2.24, 2.45) is 5.92 Å². The predicted octanol–water partition coefficient (Wildman–Crippen LogP) is 2.63. The van der Waals surface area contributed by atoms with E-state index in [1.54, 1.807) is 25.1 Å². The third-order valence-electron chi connectivity index (χ3n) is 3.75. The number of nitrogens with zero attached hydrogens (tertiary/aromatic N) is 1. The summed E-state index contributed by atoms with van der Waals surface area (Å²) in [5.41, 5.74) is -0.767. The molecule has 0 aliphatic carbocycles. The number of nitriles is 1. The highest BCUT2D eigenvalue weighted by molar-refractivity contribution is 7.98. The molecule has 0 radical (unpaired) electrons. The number of carbonyl (C=O) groups is 2. The molecule has 1 N–H and O–H groups in total. The molecule has 0 aliphatic rings. The predicted molar refractivity (Wildman–Crippen MR) is 92.1 cm³/mol. The Labute approximate surface area is 146 Å². The zero-order chi connectivity index (χ0) is 18.3. The molecule has 0 unspecified atom stereocenters. The zero-order valence-electron chi connectivity index (χ0n) is 14.5. The molecule has 1 rings (SSSR count). The van der Waals surface area contributed by atoms with E-state index in [9.17, 15) is 14.9 Å². The zero-order valence-corrected chi connectivity index (χ0v) is 15.3. The maximum atomic E-state index is 12.1. The molecule has 0 saturated heterocycles. The summed E-state index contributed by atoms with van der Waals surface area (Å²) in [7, 11) is 1.46. The number of methoxy groups -OCH3 is 1. The lowest BCUT2D eigenvalue weighted by Crippen LogP contribution is -2.50. The van der Waals surface area contributed by atoms with Gasteiger partial charge in [0.15, 0.2) is 6.61 Å². The Hall–Kier alpha value is -2.20. The molecule has 0 aliphatic heterocycles. The summed E-state index contributed by atoms with van der Waals surface area (Å²) in [6.07, 6.45) is 1.91. The molecular weight excluding hydrogens is 328 g/mol. The van der Waals surface area contributed by atoms with Crippen LogP contribution in [0.5, 0.6) is 5.75 Å². The van der Waals surface area contributed by atoms with E-state index >= 15 is 0 Å². The summed E-state index contributed by atoms with van der Waals surface area (Å²) in [4.78, 5) is 25.0. The molecule has 1 aromatic rings. The lowest BCUT2D eigenvalue weighted by atomic mass is 9.90. The molecule has 0 spiro atoms. The molecule has 1 amide bonds. The van der Waals surface area contributed by atoms with Crippen LogP contribution in [0, 0.1) is 17.2 Å². The monoisotopic (exact) mass is 350 g/mol. The third kappa shape index (κ3) is 4.90. The standard InChI is InChI=1S/C17H22N2O4S/c1-11(2)17(3,10-18)19-15(20)9-23-16(21)13-7-6-12(24-5)8-14(13)22-4/h6-8,11H,9H2,1-5H3,(H,19,20)/t17-/m1/s1. The largest absolute Gasteiger partial charge is 0.496 e. The maximum absolute atomic E-state index is 12.1. The lowest BCUT2D eigenvalue weighted by molar-refractivity contribution is -0.125. The second-order valence-corrected chi connectivity index (χ2v) is 6.54. The number of rotatable bonds is 7. The smallest absolute Gasteiger partial charge is 0.342 e. The van der Waals surface area contributed by atoms with Gasteiger partial charge in [-0.25, -0.2) is 4.79 Å². The van der Waals surface area contributed by atoms with Crippen molar-refractivity contribution in [2.45, 2.75) is 31.2 Å². The minimum Gasteiger partial charge on any atom is -0.496 e. The normalized spacial score (nSPS) is 12.9. The summed E-state index contributed by atoms with van der Waals surface area (Å²) in [5.74, 6) is -0.878. The minimum atomic E-state index is -1.01. The lowest BCUT2D eigenvalue weighted by Gasteiger charge is -2.27. The second-order valence-electron chi connectivity index (χ2n) is 5.66. The van der Waals surface area contributed by atoms with Gasteiger partial charge in [0.1, 0.15) is 16.9 Å². The van der Waals surface area contributed by atoms with Crippen molar-refractivity contribution in [1.82, 2.24) is 5.32 Å². The number of hydrogen-bond acceptors (Lipinski definition) is 6. The third-order valence-corrected chi connectivity index (χ3v) is 4.47. The van der Waals surface area contributed by atoms with E-state index in [1.807, 2.05) is 20.1 Å². The van der Waals surface area contributed by atoms with Crippen molar-refractivity contribution in [3.05, 3.63) is 23.8 Å². The summed E-state index contributed by atoms with van der Waals surface area (Å²) < 4.78 is 10.2. The van der Waals surface area contributed by atoms with Crippen LogP contribution < -0.4 is 10.1 Å². The fraction of sp³-hybridized carbons (Fsp3) is 0.471. The number of thioether (sulfide) groups is 1. The van der Waals surface area contributed by atoms with Gasteiger partial charge in [0.05, 0.1) is 13.2 Å². The fourth-order valence-electron chi connectivity index (χ4n) is 1.80. The first-order chi connectivity index (χ1) is 11.3. The van der Waals surface area contributed by atoms with Crippen molar-refractivity contribution < 1.29 is 19.1 Å². The second kappa shape index (κ2) is 8.60. The Balaban J connectivity index is 2.73. The molecule has 0 saturated carbocycles. The average molecular weight is 350 g/mol. The Bertz CT molecular complexity index is 654. The van der Waals surface area contributed by atoms with Gasteiger partial charge in [-0.05, 0) is 37.3 Å². The minimum absolute atomic E-state index is 0.0821. The van der Waals surface area contributed by atoms with E-state index in [1.165, 1.54) is 18.9 Å². The van der Waals surface area contributed by atoms with Gasteiger partial charge in [0, 0.05) is 4.90 Å². The van der Waals surface area contributed by atoms with Crippen LogP contribution in [0.4, 0.5) is 0 Å². The van der Waals surface area contributed by atoms with Gasteiger partial charge < -0.3 is 14.8 Å². The Morgan fingerprint density at radius 1 is 1.42 bits per heavy atom. The SMILES string of the molecule is COc1cc(SC)ccc1C(=O)OCC(=O)N[C@](C)(C#N)C(C)C. The number of carbonyl (C=O) groups excluding carboxylic acids is 2. The number of nitrogens with one attached hydrogen (secondary N) is 1. The molecular formula is C17H22N2O4S. The van der Waals surface area contributed by atoms with Crippen LogP contribution in [0.25, 0.3) is 0 Å². The first kappa shape index (κ1) is 19.8. The van der Waals surface area contributed by atoms with Crippen molar-refractivity contribution in [1.29, 1.82) is 5.26 Å². The van der Waals surface area contributed by atoms with Crippen LogP contribution >= 0.6 is 11.8 Å². The number of ether oxygens (including phenoxy) is 2.